The number of ether oxygens (including phenoxy) is 2. The van der Waals surface area contributed by atoms with Crippen molar-refractivity contribution < 1.29 is 18.8 Å². The van der Waals surface area contributed by atoms with Crippen molar-refractivity contribution in [1.82, 2.24) is 15.5 Å². The standard InChI is InChI=1S/C18H17N3O4/c1-23-13-5-6-16(24-2)14(8-13)17-9-15(21-25-17)18(22)20-11-12-4-3-7-19-10-12/h3-10H,11H2,1-2H3,(H,20,22). The highest BCUT2D eigenvalue weighted by Crippen LogP contribution is 2.33. The maximum Gasteiger partial charge on any atom is 0.273 e. The lowest BCUT2D eigenvalue weighted by molar-refractivity contribution is 0.0942. The first-order chi connectivity index (χ1) is 12.2. The Labute approximate surface area is 144 Å². The summed E-state index contributed by atoms with van der Waals surface area (Å²) in [6.45, 7) is 0.358. The Morgan fingerprint density at radius 1 is 1.20 bits per heavy atom. The molecule has 0 atom stereocenters. The highest BCUT2D eigenvalue weighted by atomic mass is 16.5. The number of hydrogen-bond donors (Lipinski definition) is 1. The lowest BCUT2D eigenvalue weighted by Crippen LogP contribution is -2.23. The fraction of sp³-hybridized carbons (Fsp3) is 0.167. The van der Waals surface area contributed by atoms with Crippen molar-refractivity contribution in [3.63, 3.8) is 0 Å². The number of carbonyl (C=O) groups excluding carboxylic acids is 1. The Balaban J connectivity index is 1.77. The highest BCUT2D eigenvalue weighted by molar-refractivity contribution is 5.93. The van der Waals surface area contributed by atoms with Crippen LogP contribution in [0.15, 0.2) is 53.3 Å². The van der Waals surface area contributed by atoms with Crippen LogP contribution in [0.2, 0.25) is 0 Å². The topological polar surface area (TPSA) is 86.5 Å². The van der Waals surface area contributed by atoms with E-state index in [0.717, 1.165) is 5.56 Å². The summed E-state index contributed by atoms with van der Waals surface area (Å²) in [7, 11) is 3.13. The van der Waals surface area contributed by atoms with Crippen LogP contribution in [-0.2, 0) is 6.54 Å². The average molecular weight is 339 g/mol. The third-order valence-electron chi connectivity index (χ3n) is 3.59. The first-order valence-corrected chi connectivity index (χ1v) is 7.57. The molecule has 128 valence electrons. The van der Waals surface area contributed by atoms with Crippen molar-refractivity contribution in [1.29, 1.82) is 0 Å². The Morgan fingerprint density at radius 3 is 2.80 bits per heavy atom. The highest BCUT2D eigenvalue weighted by Gasteiger charge is 2.17. The van der Waals surface area contributed by atoms with E-state index in [1.807, 2.05) is 12.1 Å². The predicted octanol–water partition coefficient (Wildman–Crippen LogP) is 2.68. The minimum absolute atomic E-state index is 0.184. The maximum absolute atomic E-state index is 12.2. The average Bonchev–Trinajstić information content (AvgIpc) is 3.16. The van der Waals surface area contributed by atoms with E-state index < -0.39 is 0 Å². The Hall–Kier alpha value is -3.35. The van der Waals surface area contributed by atoms with Crippen LogP contribution in [0.1, 0.15) is 16.1 Å². The van der Waals surface area contributed by atoms with Gasteiger partial charge in [0.15, 0.2) is 11.5 Å². The van der Waals surface area contributed by atoms with Gasteiger partial charge in [0, 0.05) is 25.0 Å². The van der Waals surface area contributed by atoms with E-state index in [0.29, 0.717) is 29.4 Å². The minimum Gasteiger partial charge on any atom is -0.497 e. The summed E-state index contributed by atoms with van der Waals surface area (Å²) in [5, 5.41) is 6.61. The molecule has 0 aliphatic heterocycles. The van der Waals surface area contributed by atoms with Crippen LogP contribution in [0.3, 0.4) is 0 Å². The molecular weight excluding hydrogens is 322 g/mol. The van der Waals surface area contributed by atoms with Crippen LogP contribution < -0.4 is 14.8 Å². The number of hydrogen-bond acceptors (Lipinski definition) is 6. The van der Waals surface area contributed by atoms with Crippen molar-refractivity contribution in [3.05, 3.63) is 60.0 Å². The van der Waals surface area contributed by atoms with Gasteiger partial charge in [-0.3, -0.25) is 9.78 Å². The molecule has 0 saturated carbocycles. The first kappa shape index (κ1) is 16.5. The number of nitrogens with zero attached hydrogens (tertiary/aromatic N) is 2. The molecular formula is C18H17N3O4. The maximum atomic E-state index is 12.2. The summed E-state index contributed by atoms with van der Waals surface area (Å²) < 4.78 is 15.8. The summed E-state index contributed by atoms with van der Waals surface area (Å²) in [4.78, 5) is 16.2. The molecule has 2 aromatic heterocycles. The third kappa shape index (κ3) is 3.77. The zero-order valence-corrected chi connectivity index (χ0v) is 13.9. The molecule has 0 radical (unpaired) electrons. The number of rotatable bonds is 6. The molecule has 0 saturated heterocycles. The number of methoxy groups -OCH3 is 2. The van der Waals surface area contributed by atoms with Gasteiger partial charge in [0.05, 0.1) is 19.8 Å². The monoisotopic (exact) mass is 339 g/mol. The lowest BCUT2D eigenvalue weighted by Gasteiger charge is -2.07. The van der Waals surface area contributed by atoms with E-state index in [9.17, 15) is 4.79 Å². The largest absolute Gasteiger partial charge is 0.497 e. The van der Waals surface area contributed by atoms with E-state index in [1.165, 1.54) is 0 Å². The van der Waals surface area contributed by atoms with Gasteiger partial charge in [0.2, 0.25) is 0 Å². The zero-order valence-electron chi connectivity index (χ0n) is 13.9. The van der Waals surface area contributed by atoms with Crippen LogP contribution in [-0.4, -0.2) is 30.3 Å². The van der Waals surface area contributed by atoms with Gasteiger partial charge in [-0.25, -0.2) is 0 Å². The van der Waals surface area contributed by atoms with Gasteiger partial charge in [0.25, 0.3) is 5.91 Å². The van der Waals surface area contributed by atoms with Crippen LogP contribution in [0.4, 0.5) is 0 Å². The Morgan fingerprint density at radius 2 is 2.08 bits per heavy atom. The van der Waals surface area contributed by atoms with Crippen LogP contribution in [0, 0.1) is 0 Å². The summed E-state index contributed by atoms with van der Waals surface area (Å²) in [5.74, 6) is 1.33. The van der Waals surface area contributed by atoms with Gasteiger partial charge >= 0.3 is 0 Å². The van der Waals surface area contributed by atoms with Crippen LogP contribution in [0.5, 0.6) is 11.5 Å². The van der Waals surface area contributed by atoms with Crippen molar-refractivity contribution in [2.24, 2.45) is 0 Å². The van der Waals surface area contributed by atoms with Crippen molar-refractivity contribution in [2.75, 3.05) is 14.2 Å². The van der Waals surface area contributed by atoms with Gasteiger partial charge in [-0.2, -0.15) is 0 Å². The molecule has 0 fully saturated rings. The Bertz CT molecular complexity index is 862. The number of carbonyl (C=O) groups is 1. The summed E-state index contributed by atoms with van der Waals surface area (Å²) in [6.07, 6.45) is 3.37. The molecule has 0 aliphatic rings. The number of amides is 1. The minimum atomic E-state index is -0.333. The van der Waals surface area contributed by atoms with E-state index >= 15 is 0 Å². The fourth-order valence-corrected chi connectivity index (χ4v) is 2.29. The number of benzene rings is 1. The molecule has 7 heteroatoms. The molecule has 1 aromatic carbocycles. The molecule has 7 nitrogen and oxygen atoms in total. The Kier molecular flexibility index (Phi) is 4.94. The van der Waals surface area contributed by atoms with Crippen molar-refractivity contribution in [2.45, 2.75) is 6.54 Å². The quantitative estimate of drug-likeness (QED) is 0.743. The summed E-state index contributed by atoms with van der Waals surface area (Å²) in [6, 6.07) is 10.6. The normalized spacial score (nSPS) is 10.3. The number of pyridine rings is 1. The number of nitrogens with one attached hydrogen (secondary N) is 1. The molecule has 0 bridgehead atoms. The SMILES string of the molecule is COc1ccc(OC)c(-c2cc(C(=O)NCc3cccnc3)no2)c1. The van der Waals surface area contributed by atoms with Crippen LogP contribution in [0.25, 0.3) is 11.3 Å². The van der Waals surface area contributed by atoms with Gasteiger partial charge in [-0.05, 0) is 29.8 Å². The second-order valence-corrected chi connectivity index (χ2v) is 5.19. The molecule has 0 aliphatic carbocycles. The lowest BCUT2D eigenvalue weighted by atomic mass is 10.1. The van der Waals surface area contributed by atoms with Crippen LogP contribution >= 0.6 is 0 Å². The molecule has 3 rings (SSSR count). The van der Waals surface area contributed by atoms with E-state index in [-0.39, 0.29) is 11.6 Å². The van der Waals surface area contributed by atoms with Gasteiger partial charge in [-0.15, -0.1) is 0 Å². The molecule has 1 amide bonds. The van der Waals surface area contributed by atoms with Gasteiger partial charge in [0.1, 0.15) is 11.5 Å². The predicted molar refractivity (Wildman–Crippen MR) is 90.5 cm³/mol. The second-order valence-electron chi connectivity index (χ2n) is 5.19. The van der Waals surface area contributed by atoms with E-state index in [2.05, 4.69) is 15.5 Å². The third-order valence-corrected chi connectivity index (χ3v) is 3.59. The zero-order chi connectivity index (χ0) is 17.6. The van der Waals surface area contributed by atoms with Gasteiger partial charge in [-0.1, -0.05) is 11.2 Å². The van der Waals surface area contributed by atoms with Gasteiger partial charge < -0.3 is 19.3 Å². The summed E-state index contributed by atoms with van der Waals surface area (Å²) in [5.41, 5.74) is 1.73. The molecule has 3 aromatic rings. The smallest absolute Gasteiger partial charge is 0.273 e. The van der Waals surface area contributed by atoms with Crippen molar-refractivity contribution >= 4 is 5.91 Å². The van der Waals surface area contributed by atoms with E-state index in [1.54, 1.807) is 50.9 Å². The summed E-state index contributed by atoms with van der Waals surface area (Å²) >= 11 is 0. The first-order valence-electron chi connectivity index (χ1n) is 7.57. The molecule has 0 unspecified atom stereocenters. The number of aromatic nitrogens is 2. The molecule has 25 heavy (non-hydrogen) atoms. The molecule has 0 spiro atoms. The second kappa shape index (κ2) is 7.48. The van der Waals surface area contributed by atoms with E-state index in [4.69, 9.17) is 14.0 Å². The molecule has 2 heterocycles. The van der Waals surface area contributed by atoms with Crippen molar-refractivity contribution in [3.8, 4) is 22.8 Å². The fourth-order valence-electron chi connectivity index (χ4n) is 2.29. The molecule has 1 N–H and O–H groups in total.